The highest BCUT2D eigenvalue weighted by atomic mass is 16.6. The zero-order chi connectivity index (χ0) is 23.9. The number of ether oxygens (including phenoxy) is 1. The van der Waals surface area contributed by atoms with E-state index in [4.69, 9.17) is 9.84 Å². The molecule has 178 valence electrons. The molecule has 4 heterocycles. The van der Waals surface area contributed by atoms with E-state index >= 15 is 0 Å². The van der Waals surface area contributed by atoms with E-state index in [0.29, 0.717) is 12.6 Å². The molecule has 1 saturated heterocycles. The number of benzene rings is 1. The summed E-state index contributed by atoms with van der Waals surface area (Å²) in [6.07, 6.45) is 6.34. The minimum Gasteiger partial charge on any atom is -0.481 e. The van der Waals surface area contributed by atoms with Crippen LogP contribution in [0.3, 0.4) is 0 Å². The molecule has 0 bridgehead atoms. The topological polar surface area (TPSA) is 84.7 Å². The smallest absolute Gasteiger partial charge is 0.307 e. The largest absolute Gasteiger partial charge is 0.481 e. The van der Waals surface area contributed by atoms with Crippen LogP contribution in [-0.2, 0) is 32.9 Å². The van der Waals surface area contributed by atoms with E-state index in [9.17, 15) is 9.59 Å². The summed E-state index contributed by atoms with van der Waals surface area (Å²) < 4.78 is 8.37. The quantitative estimate of drug-likeness (QED) is 0.526. The fraction of sp³-hybridized carbons (Fsp3) is 0.444. The summed E-state index contributed by atoms with van der Waals surface area (Å²) in [6.45, 7) is 6.69. The lowest BCUT2D eigenvalue weighted by molar-refractivity contribution is -0.162. The number of carboxylic acid groups (broad SMARTS) is 1. The van der Waals surface area contributed by atoms with Gasteiger partial charge in [0.2, 0.25) is 0 Å². The summed E-state index contributed by atoms with van der Waals surface area (Å²) in [5.41, 5.74) is 5.02. The third kappa shape index (κ3) is 4.09. The molecule has 0 spiro atoms. The van der Waals surface area contributed by atoms with Crippen LogP contribution in [0.1, 0.15) is 61.0 Å². The number of aliphatic carboxylic acids is 1. The van der Waals surface area contributed by atoms with E-state index in [1.807, 2.05) is 19.1 Å². The number of carboxylic acids is 1. The van der Waals surface area contributed by atoms with Crippen LogP contribution in [0.15, 0.2) is 42.7 Å². The maximum absolute atomic E-state index is 12.7. The van der Waals surface area contributed by atoms with E-state index in [1.165, 1.54) is 35.0 Å². The lowest BCUT2D eigenvalue weighted by Crippen LogP contribution is -2.36. The van der Waals surface area contributed by atoms with E-state index in [2.05, 4.69) is 39.6 Å². The van der Waals surface area contributed by atoms with Crippen molar-refractivity contribution >= 4 is 22.8 Å². The Bertz CT molecular complexity index is 1240. The normalized spacial score (nSPS) is 19.4. The van der Waals surface area contributed by atoms with Crippen LogP contribution in [-0.4, -0.2) is 44.6 Å². The van der Waals surface area contributed by atoms with Crippen LogP contribution in [0.2, 0.25) is 0 Å². The second kappa shape index (κ2) is 8.87. The first-order chi connectivity index (χ1) is 16.4. The van der Waals surface area contributed by atoms with Crippen LogP contribution in [0, 0.1) is 6.92 Å². The zero-order valence-electron chi connectivity index (χ0n) is 19.8. The number of esters is 1. The van der Waals surface area contributed by atoms with Crippen molar-refractivity contribution < 1.29 is 19.4 Å². The Morgan fingerprint density at radius 3 is 2.74 bits per heavy atom. The number of rotatable bonds is 7. The van der Waals surface area contributed by atoms with Crippen molar-refractivity contribution in [2.75, 3.05) is 13.1 Å². The molecule has 7 heteroatoms. The molecule has 1 aromatic carbocycles. The predicted molar refractivity (Wildman–Crippen MR) is 128 cm³/mol. The molecule has 0 radical (unpaired) electrons. The van der Waals surface area contributed by atoms with Crippen LogP contribution in [0.25, 0.3) is 10.9 Å². The molecule has 2 aromatic heterocycles. The maximum atomic E-state index is 12.7. The van der Waals surface area contributed by atoms with Crippen molar-refractivity contribution in [3.8, 4) is 0 Å². The van der Waals surface area contributed by atoms with E-state index in [-0.39, 0.29) is 12.8 Å². The number of hydrogen-bond acceptors (Lipinski definition) is 5. The average molecular weight is 462 g/mol. The van der Waals surface area contributed by atoms with Crippen LogP contribution in [0.5, 0.6) is 0 Å². The van der Waals surface area contributed by atoms with Gasteiger partial charge < -0.3 is 14.4 Å². The van der Waals surface area contributed by atoms with Crippen LogP contribution < -0.4 is 0 Å². The van der Waals surface area contributed by atoms with Crippen molar-refractivity contribution in [1.82, 2.24) is 14.5 Å². The molecule has 0 saturated carbocycles. The van der Waals surface area contributed by atoms with Crippen LogP contribution >= 0.6 is 0 Å². The van der Waals surface area contributed by atoms with E-state index < -0.39 is 17.5 Å². The lowest BCUT2D eigenvalue weighted by atomic mass is 9.94. The number of fused-ring (bicyclic) bond motifs is 5. The zero-order valence-corrected chi connectivity index (χ0v) is 19.8. The highest BCUT2D eigenvalue weighted by molar-refractivity contribution is 5.87. The number of hydrogen-bond donors (Lipinski definition) is 1. The molecule has 5 rings (SSSR count). The molecule has 2 aliphatic heterocycles. The minimum atomic E-state index is -1.01. The summed E-state index contributed by atoms with van der Waals surface area (Å²) in [5, 5.41) is 10.3. The molecular weight excluding hydrogens is 430 g/mol. The number of pyridine rings is 1. The molecule has 7 nitrogen and oxygen atoms in total. The Hall–Kier alpha value is -3.19. The lowest BCUT2D eigenvalue weighted by Gasteiger charge is -2.34. The van der Waals surface area contributed by atoms with Gasteiger partial charge in [0.05, 0.1) is 19.4 Å². The molecule has 34 heavy (non-hydrogen) atoms. The van der Waals surface area contributed by atoms with E-state index in [1.54, 1.807) is 12.4 Å². The number of aromatic nitrogens is 2. The summed E-state index contributed by atoms with van der Waals surface area (Å²) in [4.78, 5) is 30.4. The molecule has 0 amide bonds. The third-order valence-corrected chi connectivity index (χ3v) is 7.34. The first kappa shape index (κ1) is 22.6. The Kier molecular flexibility index (Phi) is 5.90. The first-order valence-corrected chi connectivity index (χ1v) is 12.1. The van der Waals surface area contributed by atoms with Crippen molar-refractivity contribution in [3.63, 3.8) is 0 Å². The Labute approximate surface area is 199 Å². The number of carbonyl (C=O) groups excluding carboxylic acids is 1. The van der Waals surface area contributed by atoms with Gasteiger partial charge in [0, 0.05) is 53.6 Å². The van der Waals surface area contributed by atoms with Gasteiger partial charge in [-0.15, -0.1) is 0 Å². The van der Waals surface area contributed by atoms with Crippen LogP contribution in [0.4, 0.5) is 0 Å². The second-order valence-corrected chi connectivity index (χ2v) is 9.75. The monoisotopic (exact) mass is 461 g/mol. The van der Waals surface area contributed by atoms with Crippen molar-refractivity contribution in [2.24, 2.45) is 0 Å². The van der Waals surface area contributed by atoms with Gasteiger partial charge in [-0.3, -0.25) is 19.5 Å². The van der Waals surface area contributed by atoms with Gasteiger partial charge in [0.25, 0.3) is 0 Å². The van der Waals surface area contributed by atoms with Gasteiger partial charge in [-0.2, -0.15) is 0 Å². The summed E-state index contributed by atoms with van der Waals surface area (Å²) in [5.74, 6) is -1.52. The van der Waals surface area contributed by atoms with Gasteiger partial charge in [0.1, 0.15) is 0 Å². The first-order valence-electron chi connectivity index (χ1n) is 12.1. The standard InChI is InChI=1S/C27H31N3O4/c1-18-5-6-21-20(16-18)26-22-4-3-14-29(22)15-11-23(26)30(21)17-27(2,19-9-12-28-13-10-19)34-25(33)8-7-24(31)32/h5-6,9-10,12-13,16,22H,3-4,7-8,11,14-15,17H2,1-2H3,(H,31,32). The van der Waals surface area contributed by atoms with Gasteiger partial charge >= 0.3 is 11.9 Å². The predicted octanol–water partition coefficient (Wildman–Crippen LogP) is 4.36. The molecular formula is C27H31N3O4. The summed E-state index contributed by atoms with van der Waals surface area (Å²) >= 11 is 0. The minimum absolute atomic E-state index is 0.156. The van der Waals surface area contributed by atoms with E-state index in [0.717, 1.165) is 30.6 Å². The number of aryl methyl sites for hydroxylation is 1. The van der Waals surface area contributed by atoms with Gasteiger partial charge in [0.15, 0.2) is 5.60 Å². The Morgan fingerprint density at radius 2 is 1.97 bits per heavy atom. The Balaban J connectivity index is 1.59. The molecule has 3 aromatic rings. The number of carbonyl (C=O) groups is 2. The molecule has 1 fully saturated rings. The average Bonchev–Trinajstić information content (AvgIpc) is 3.41. The van der Waals surface area contributed by atoms with Gasteiger partial charge in [-0.25, -0.2) is 0 Å². The SMILES string of the molecule is Cc1ccc2c(c1)c1c(n2CC(C)(OC(=O)CCC(=O)O)c2ccncc2)CCN2CCCC12. The van der Waals surface area contributed by atoms with Gasteiger partial charge in [-0.1, -0.05) is 11.6 Å². The molecule has 1 N–H and O–H groups in total. The molecule has 2 unspecified atom stereocenters. The van der Waals surface area contributed by atoms with Crippen molar-refractivity contribution in [1.29, 1.82) is 0 Å². The van der Waals surface area contributed by atoms with Gasteiger partial charge in [-0.05, 0) is 63.1 Å². The molecule has 2 aliphatic rings. The highest BCUT2D eigenvalue weighted by Gasteiger charge is 2.38. The second-order valence-electron chi connectivity index (χ2n) is 9.75. The highest BCUT2D eigenvalue weighted by Crippen LogP contribution is 2.44. The van der Waals surface area contributed by atoms with Crippen molar-refractivity contribution in [2.45, 2.75) is 64.1 Å². The fourth-order valence-corrected chi connectivity index (χ4v) is 5.74. The summed E-state index contributed by atoms with van der Waals surface area (Å²) in [7, 11) is 0. The third-order valence-electron chi connectivity index (χ3n) is 7.34. The van der Waals surface area contributed by atoms with Crippen molar-refractivity contribution in [3.05, 3.63) is 65.1 Å². The molecule has 0 aliphatic carbocycles. The number of nitrogens with zero attached hydrogens (tertiary/aromatic N) is 3. The fourth-order valence-electron chi connectivity index (χ4n) is 5.74. The maximum Gasteiger partial charge on any atom is 0.307 e. The summed E-state index contributed by atoms with van der Waals surface area (Å²) in [6, 6.07) is 10.8. The molecule has 2 atom stereocenters. The Morgan fingerprint density at radius 1 is 1.18 bits per heavy atom.